The van der Waals surface area contributed by atoms with Gasteiger partial charge in [-0.3, -0.25) is 9.59 Å². The second kappa shape index (κ2) is 8.03. The van der Waals surface area contributed by atoms with Crippen LogP contribution in [0.4, 0.5) is 10.1 Å². The van der Waals surface area contributed by atoms with Crippen LogP contribution >= 0.6 is 11.6 Å². The average molecular weight is 452 g/mol. The van der Waals surface area contributed by atoms with Crippen molar-refractivity contribution in [2.75, 3.05) is 37.5 Å². The summed E-state index contributed by atoms with van der Waals surface area (Å²) in [5.74, 6) is -2.12. The number of rotatable bonds is 5. The van der Waals surface area contributed by atoms with E-state index in [0.717, 1.165) is 18.9 Å². The molecule has 2 aliphatic rings. The monoisotopic (exact) mass is 451 g/mol. The maximum absolute atomic E-state index is 15.3. The molecule has 31 heavy (non-hydrogen) atoms. The fourth-order valence-electron chi connectivity index (χ4n) is 4.33. The van der Waals surface area contributed by atoms with Crippen LogP contribution in [0, 0.1) is 5.82 Å². The van der Waals surface area contributed by atoms with E-state index < -0.39 is 22.8 Å². The number of halogens is 2. The Kier molecular flexibility index (Phi) is 5.55. The van der Waals surface area contributed by atoms with Gasteiger partial charge in [0.1, 0.15) is 17.1 Å². The SMILES string of the molecule is COc1c(N2CCN(C(=O)CCl)C(C)C2)c(F)cc2c(=O)c(C(=O)O)cn(C3CC3)c12. The van der Waals surface area contributed by atoms with Gasteiger partial charge in [-0.15, -0.1) is 11.6 Å². The number of aromatic nitrogens is 1. The lowest BCUT2D eigenvalue weighted by molar-refractivity contribution is -0.130. The number of hydrogen-bond acceptors (Lipinski definition) is 5. The maximum Gasteiger partial charge on any atom is 0.341 e. The topological polar surface area (TPSA) is 92.1 Å². The molecule has 8 nitrogen and oxygen atoms in total. The van der Waals surface area contributed by atoms with Crippen molar-refractivity contribution < 1.29 is 23.8 Å². The van der Waals surface area contributed by atoms with Crippen molar-refractivity contribution in [3.63, 3.8) is 0 Å². The van der Waals surface area contributed by atoms with Gasteiger partial charge in [-0.25, -0.2) is 9.18 Å². The summed E-state index contributed by atoms with van der Waals surface area (Å²) in [6.07, 6.45) is 3.00. The molecule has 1 aromatic carbocycles. The third-order valence-corrected chi connectivity index (χ3v) is 6.18. The molecule has 0 radical (unpaired) electrons. The van der Waals surface area contributed by atoms with Crippen molar-refractivity contribution in [2.24, 2.45) is 0 Å². The van der Waals surface area contributed by atoms with Gasteiger partial charge in [0.15, 0.2) is 11.6 Å². The Bertz CT molecular complexity index is 1130. The van der Waals surface area contributed by atoms with Gasteiger partial charge in [0.2, 0.25) is 11.3 Å². The first kappa shape index (κ1) is 21.4. The van der Waals surface area contributed by atoms with Gasteiger partial charge in [-0.1, -0.05) is 0 Å². The van der Waals surface area contributed by atoms with Crippen LogP contribution < -0.4 is 15.1 Å². The van der Waals surface area contributed by atoms with Crippen LogP contribution in [0.15, 0.2) is 17.1 Å². The smallest absolute Gasteiger partial charge is 0.341 e. The highest BCUT2D eigenvalue weighted by Crippen LogP contribution is 2.44. The summed E-state index contributed by atoms with van der Waals surface area (Å²) in [4.78, 5) is 39.8. The standard InChI is InChI=1S/C21H23ClFN3O5/c1-11-9-24(5-6-25(11)16(27)8-22)18-15(23)7-13-17(20(18)31-2)26(12-3-4-12)10-14(19(13)28)21(29)30/h7,10-12H,3-6,8-9H2,1-2H3,(H,29,30). The zero-order valence-corrected chi connectivity index (χ0v) is 18.0. The number of pyridine rings is 1. The third-order valence-electron chi connectivity index (χ3n) is 5.95. The molecule has 1 aliphatic heterocycles. The van der Waals surface area contributed by atoms with Gasteiger partial charge in [0, 0.05) is 37.9 Å². The summed E-state index contributed by atoms with van der Waals surface area (Å²) in [5, 5.41) is 9.42. The molecule has 2 heterocycles. The van der Waals surface area contributed by atoms with E-state index in [9.17, 15) is 19.5 Å². The van der Waals surface area contributed by atoms with Crippen molar-refractivity contribution in [2.45, 2.75) is 31.8 Å². The number of piperazine rings is 1. The van der Waals surface area contributed by atoms with Crippen LogP contribution in [-0.2, 0) is 4.79 Å². The molecule has 1 amide bonds. The quantitative estimate of drug-likeness (QED) is 0.702. The summed E-state index contributed by atoms with van der Waals surface area (Å²) in [6, 6.07) is 0.937. The number of aromatic carboxylic acids is 1. The van der Waals surface area contributed by atoms with Crippen LogP contribution in [-0.4, -0.2) is 65.1 Å². The van der Waals surface area contributed by atoms with Gasteiger partial charge in [0.05, 0.1) is 18.0 Å². The Hall–Kier alpha value is -2.81. The van der Waals surface area contributed by atoms with E-state index in [1.54, 1.807) is 14.4 Å². The van der Waals surface area contributed by atoms with Crippen LogP contribution in [0.1, 0.15) is 36.2 Å². The summed E-state index contributed by atoms with van der Waals surface area (Å²) in [7, 11) is 1.40. The molecule has 2 aromatic rings. The third kappa shape index (κ3) is 3.60. The average Bonchev–Trinajstić information content (AvgIpc) is 3.57. The minimum atomic E-state index is -1.35. The molecule has 0 bridgehead atoms. The van der Waals surface area contributed by atoms with Crippen molar-refractivity contribution in [3.8, 4) is 5.75 Å². The molecule has 0 spiro atoms. The largest absolute Gasteiger partial charge is 0.492 e. The molecule has 1 N–H and O–H groups in total. The summed E-state index contributed by atoms with van der Waals surface area (Å²) >= 11 is 5.69. The molecule has 2 fully saturated rings. The summed E-state index contributed by atoms with van der Waals surface area (Å²) in [6.45, 7) is 2.97. The predicted octanol–water partition coefficient (Wildman–Crippen LogP) is 2.46. The number of ether oxygens (including phenoxy) is 1. The number of alkyl halides is 1. The van der Waals surface area contributed by atoms with Gasteiger partial charge >= 0.3 is 5.97 Å². The second-order valence-corrected chi connectivity index (χ2v) is 8.23. The Morgan fingerprint density at radius 1 is 1.32 bits per heavy atom. The molecule has 1 saturated carbocycles. The lowest BCUT2D eigenvalue weighted by Crippen LogP contribution is -2.54. The summed E-state index contributed by atoms with van der Waals surface area (Å²) in [5.41, 5.74) is -0.538. The van der Waals surface area contributed by atoms with E-state index in [2.05, 4.69) is 0 Å². The van der Waals surface area contributed by atoms with Crippen molar-refractivity contribution in [1.82, 2.24) is 9.47 Å². The van der Waals surface area contributed by atoms with Crippen molar-refractivity contribution in [1.29, 1.82) is 0 Å². The Labute approximate surface area is 182 Å². The normalized spacial score (nSPS) is 19.0. The predicted molar refractivity (Wildman–Crippen MR) is 114 cm³/mol. The van der Waals surface area contributed by atoms with E-state index >= 15 is 4.39 Å². The van der Waals surface area contributed by atoms with Crippen molar-refractivity contribution >= 4 is 40.1 Å². The Balaban J connectivity index is 1.88. The minimum Gasteiger partial charge on any atom is -0.492 e. The molecule has 1 saturated heterocycles. The number of carbonyl (C=O) groups is 2. The second-order valence-electron chi connectivity index (χ2n) is 7.97. The number of fused-ring (bicyclic) bond motifs is 1. The van der Waals surface area contributed by atoms with E-state index in [1.807, 2.05) is 6.92 Å². The van der Waals surface area contributed by atoms with Gasteiger partial charge in [-0.05, 0) is 25.8 Å². The number of carbonyl (C=O) groups excluding carboxylic acids is 1. The number of benzene rings is 1. The molecule has 166 valence electrons. The lowest BCUT2D eigenvalue weighted by atomic mass is 10.1. The molecule has 10 heteroatoms. The lowest BCUT2D eigenvalue weighted by Gasteiger charge is -2.41. The number of carboxylic acid groups (broad SMARTS) is 1. The first-order valence-electron chi connectivity index (χ1n) is 10.1. The fourth-order valence-corrected chi connectivity index (χ4v) is 4.49. The first-order valence-corrected chi connectivity index (χ1v) is 10.6. The van der Waals surface area contributed by atoms with Crippen LogP contribution in [0.3, 0.4) is 0 Å². The maximum atomic E-state index is 15.3. The van der Waals surface area contributed by atoms with E-state index in [1.165, 1.54) is 13.3 Å². The van der Waals surface area contributed by atoms with E-state index in [4.69, 9.17) is 16.3 Å². The Morgan fingerprint density at radius 3 is 2.58 bits per heavy atom. The summed E-state index contributed by atoms with van der Waals surface area (Å²) < 4.78 is 22.7. The number of methoxy groups -OCH3 is 1. The highest BCUT2D eigenvalue weighted by molar-refractivity contribution is 6.27. The first-order chi connectivity index (χ1) is 14.8. The molecular weight excluding hydrogens is 429 g/mol. The van der Waals surface area contributed by atoms with Crippen LogP contribution in [0.25, 0.3) is 10.9 Å². The Morgan fingerprint density at radius 2 is 2.03 bits per heavy atom. The highest BCUT2D eigenvalue weighted by atomic mass is 35.5. The van der Waals surface area contributed by atoms with Crippen molar-refractivity contribution in [3.05, 3.63) is 33.9 Å². The number of amides is 1. The molecule has 1 atom stereocenters. The minimum absolute atomic E-state index is 0.0195. The molecule has 4 rings (SSSR count). The van der Waals surface area contributed by atoms with Gasteiger partial charge < -0.3 is 24.2 Å². The number of carboxylic acids is 1. The van der Waals surface area contributed by atoms with Gasteiger partial charge in [-0.2, -0.15) is 0 Å². The zero-order valence-electron chi connectivity index (χ0n) is 17.2. The van der Waals surface area contributed by atoms with Crippen LogP contribution in [0.5, 0.6) is 5.75 Å². The van der Waals surface area contributed by atoms with Crippen LogP contribution in [0.2, 0.25) is 0 Å². The number of hydrogen-bond donors (Lipinski definition) is 1. The molecule has 1 unspecified atom stereocenters. The van der Waals surface area contributed by atoms with E-state index in [0.29, 0.717) is 25.2 Å². The molecular formula is C21H23ClFN3O5. The zero-order chi connectivity index (χ0) is 22.4. The number of anilines is 1. The highest BCUT2D eigenvalue weighted by Gasteiger charge is 2.34. The van der Waals surface area contributed by atoms with Gasteiger partial charge in [0.25, 0.3) is 0 Å². The van der Waals surface area contributed by atoms with E-state index in [-0.39, 0.29) is 40.7 Å². The number of nitrogens with zero attached hydrogens (tertiary/aromatic N) is 3. The molecule has 1 aromatic heterocycles. The molecule has 1 aliphatic carbocycles. The fraction of sp³-hybridized carbons (Fsp3) is 0.476.